The van der Waals surface area contributed by atoms with Gasteiger partial charge < -0.3 is 9.53 Å². The van der Waals surface area contributed by atoms with Gasteiger partial charge in [0.15, 0.2) is 0 Å². The summed E-state index contributed by atoms with van der Waals surface area (Å²) in [4.78, 5) is 23.1. The maximum atomic E-state index is 12.1. The van der Waals surface area contributed by atoms with E-state index in [-0.39, 0.29) is 12.1 Å². The third-order valence-corrected chi connectivity index (χ3v) is 6.52. The molecule has 0 fully saturated rings. The minimum Gasteiger partial charge on any atom is -0.462 e. The maximum Gasteiger partial charge on any atom is 0.306 e. The van der Waals surface area contributed by atoms with Gasteiger partial charge in [-0.25, -0.2) is 0 Å². The third kappa shape index (κ3) is 23.8. The van der Waals surface area contributed by atoms with Crippen LogP contribution in [0.5, 0.6) is 0 Å². The average molecular weight is 453 g/mol. The van der Waals surface area contributed by atoms with E-state index in [1.807, 2.05) is 0 Å². The van der Waals surface area contributed by atoms with Gasteiger partial charge in [-0.3, -0.25) is 4.79 Å². The van der Waals surface area contributed by atoms with Crippen molar-refractivity contribution in [1.82, 2.24) is 0 Å². The summed E-state index contributed by atoms with van der Waals surface area (Å²) < 4.78 is 5.59. The number of esters is 1. The molecule has 0 N–H and O–H groups in total. The number of rotatable bonds is 26. The van der Waals surface area contributed by atoms with Crippen molar-refractivity contribution in [1.29, 1.82) is 0 Å². The maximum absolute atomic E-state index is 12.1. The average Bonchev–Trinajstić information content (AvgIpc) is 2.78. The van der Waals surface area contributed by atoms with Gasteiger partial charge in [0, 0.05) is 12.8 Å². The summed E-state index contributed by atoms with van der Waals surface area (Å²) in [5.74, 6) is -0.111. The molecule has 0 bridgehead atoms. The van der Waals surface area contributed by atoms with Gasteiger partial charge in [0.2, 0.25) is 0 Å². The predicted molar refractivity (Wildman–Crippen MR) is 138 cm³/mol. The predicted octanol–water partition coefficient (Wildman–Crippen LogP) is 9.50. The normalized spacial score (nSPS) is 12.1. The zero-order valence-corrected chi connectivity index (χ0v) is 21.9. The molecule has 32 heavy (non-hydrogen) atoms. The SMILES string of the molecule is CCCCCCCCCCCCCCC(=O)OC(CC=O)CCCCCCCCCCC. The molecule has 0 amide bonds. The van der Waals surface area contributed by atoms with E-state index in [1.54, 1.807) is 0 Å². The monoisotopic (exact) mass is 452 g/mol. The van der Waals surface area contributed by atoms with Crippen LogP contribution in [0.3, 0.4) is 0 Å². The van der Waals surface area contributed by atoms with E-state index in [4.69, 9.17) is 4.74 Å². The van der Waals surface area contributed by atoms with E-state index in [9.17, 15) is 9.59 Å². The summed E-state index contributed by atoms with van der Waals surface area (Å²) in [5, 5.41) is 0. The second-order valence-corrected chi connectivity index (χ2v) is 9.77. The van der Waals surface area contributed by atoms with Crippen LogP contribution in [0.1, 0.15) is 168 Å². The van der Waals surface area contributed by atoms with Gasteiger partial charge >= 0.3 is 5.97 Å². The molecule has 0 spiro atoms. The van der Waals surface area contributed by atoms with Crippen LogP contribution in [0.2, 0.25) is 0 Å². The lowest BCUT2D eigenvalue weighted by Crippen LogP contribution is -2.18. The largest absolute Gasteiger partial charge is 0.462 e. The number of hydrogen-bond donors (Lipinski definition) is 0. The molecule has 3 heteroatoms. The standard InChI is InChI=1S/C29H56O3/c1-3-5-7-9-11-13-14-15-17-19-21-23-25-29(31)32-28(26-27-30)24-22-20-18-16-12-10-8-6-4-2/h27-28H,3-26H2,1-2H3. The molecule has 0 aromatic heterocycles. The lowest BCUT2D eigenvalue weighted by Gasteiger charge is -2.15. The Morgan fingerprint density at radius 1 is 0.594 bits per heavy atom. The third-order valence-electron chi connectivity index (χ3n) is 6.52. The number of carbonyl (C=O) groups is 2. The van der Waals surface area contributed by atoms with Gasteiger partial charge in [-0.15, -0.1) is 0 Å². The van der Waals surface area contributed by atoms with Crippen molar-refractivity contribution < 1.29 is 14.3 Å². The van der Waals surface area contributed by atoms with E-state index in [0.717, 1.165) is 32.0 Å². The van der Waals surface area contributed by atoms with Crippen LogP contribution < -0.4 is 0 Å². The molecule has 1 atom stereocenters. The first-order valence-corrected chi connectivity index (χ1v) is 14.4. The lowest BCUT2D eigenvalue weighted by molar-refractivity contribution is -0.150. The molecule has 0 aliphatic heterocycles. The van der Waals surface area contributed by atoms with Crippen molar-refractivity contribution in [2.45, 2.75) is 174 Å². The molecule has 1 unspecified atom stereocenters. The summed E-state index contributed by atoms with van der Waals surface area (Å²) in [5.41, 5.74) is 0. The topological polar surface area (TPSA) is 43.4 Å². The Morgan fingerprint density at radius 2 is 0.969 bits per heavy atom. The van der Waals surface area contributed by atoms with E-state index in [1.165, 1.54) is 116 Å². The molecular weight excluding hydrogens is 396 g/mol. The van der Waals surface area contributed by atoms with E-state index >= 15 is 0 Å². The first kappa shape index (κ1) is 31.1. The quantitative estimate of drug-likeness (QED) is 0.0745. The minimum atomic E-state index is -0.207. The molecule has 3 nitrogen and oxygen atoms in total. The summed E-state index contributed by atoms with van der Waals surface area (Å²) >= 11 is 0. The molecule has 0 heterocycles. The fourth-order valence-corrected chi connectivity index (χ4v) is 4.37. The highest BCUT2D eigenvalue weighted by atomic mass is 16.5. The number of ether oxygens (including phenoxy) is 1. The summed E-state index contributed by atoms with van der Waals surface area (Å²) in [7, 11) is 0. The van der Waals surface area contributed by atoms with Crippen molar-refractivity contribution in [3.05, 3.63) is 0 Å². The Balaban J connectivity index is 3.56. The van der Waals surface area contributed by atoms with Crippen LogP contribution in [0, 0.1) is 0 Å². The van der Waals surface area contributed by atoms with Crippen LogP contribution in [0.15, 0.2) is 0 Å². The highest BCUT2D eigenvalue weighted by molar-refractivity contribution is 5.69. The van der Waals surface area contributed by atoms with Crippen LogP contribution >= 0.6 is 0 Å². The fraction of sp³-hybridized carbons (Fsp3) is 0.931. The Hall–Kier alpha value is -0.860. The molecule has 0 saturated heterocycles. The van der Waals surface area contributed by atoms with Gasteiger partial charge in [-0.1, -0.05) is 136 Å². The Kier molecular flexibility index (Phi) is 25.7. The summed E-state index contributed by atoms with van der Waals surface area (Å²) in [6.07, 6.45) is 29.4. The Bertz CT molecular complexity index is 394. The van der Waals surface area contributed by atoms with Gasteiger partial charge in [0.25, 0.3) is 0 Å². The van der Waals surface area contributed by atoms with Gasteiger partial charge in [-0.05, 0) is 19.3 Å². The van der Waals surface area contributed by atoms with Crippen LogP contribution in [0.25, 0.3) is 0 Å². The van der Waals surface area contributed by atoms with Crippen LogP contribution in [-0.2, 0) is 14.3 Å². The zero-order chi connectivity index (χ0) is 23.5. The molecule has 0 aliphatic rings. The van der Waals surface area contributed by atoms with Crippen molar-refractivity contribution >= 4 is 12.3 Å². The second-order valence-electron chi connectivity index (χ2n) is 9.77. The first-order valence-electron chi connectivity index (χ1n) is 14.4. The summed E-state index contributed by atoms with van der Waals surface area (Å²) in [6, 6.07) is 0. The van der Waals surface area contributed by atoms with Crippen molar-refractivity contribution in [3.63, 3.8) is 0 Å². The summed E-state index contributed by atoms with van der Waals surface area (Å²) in [6.45, 7) is 4.52. The lowest BCUT2D eigenvalue weighted by atomic mass is 10.0. The highest BCUT2D eigenvalue weighted by Crippen LogP contribution is 2.16. The minimum absolute atomic E-state index is 0.111. The molecule has 0 aromatic rings. The smallest absolute Gasteiger partial charge is 0.306 e. The fourth-order valence-electron chi connectivity index (χ4n) is 4.37. The Morgan fingerprint density at radius 3 is 1.38 bits per heavy atom. The number of aldehydes is 1. The van der Waals surface area contributed by atoms with E-state index in [0.29, 0.717) is 12.8 Å². The van der Waals surface area contributed by atoms with Crippen molar-refractivity contribution in [2.24, 2.45) is 0 Å². The van der Waals surface area contributed by atoms with Crippen LogP contribution in [-0.4, -0.2) is 18.4 Å². The molecule has 0 aromatic carbocycles. The molecule has 0 radical (unpaired) electrons. The van der Waals surface area contributed by atoms with Crippen molar-refractivity contribution in [2.75, 3.05) is 0 Å². The molecule has 190 valence electrons. The van der Waals surface area contributed by atoms with Gasteiger partial charge in [-0.2, -0.15) is 0 Å². The molecule has 0 aliphatic carbocycles. The van der Waals surface area contributed by atoms with E-state index in [2.05, 4.69) is 13.8 Å². The van der Waals surface area contributed by atoms with Gasteiger partial charge in [0.05, 0.1) is 0 Å². The first-order chi connectivity index (χ1) is 15.7. The number of carbonyl (C=O) groups excluding carboxylic acids is 2. The number of unbranched alkanes of at least 4 members (excludes halogenated alkanes) is 19. The van der Waals surface area contributed by atoms with Gasteiger partial charge in [0.1, 0.15) is 12.4 Å². The van der Waals surface area contributed by atoms with Crippen LogP contribution in [0.4, 0.5) is 0 Å². The molecular formula is C29H56O3. The second kappa shape index (κ2) is 26.4. The zero-order valence-electron chi connectivity index (χ0n) is 21.9. The Labute approximate surface area is 200 Å². The molecule has 0 rings (SSSR count). The number of hydrogen-bond acceptors (Lipinski definition) is 3. The van der Waals surface area contributed by atoms with Crippen molar-refractivity contribution in [3.8, 4) is 0 Å². The molecule has 0 saturated carbocycles. The highest BCUT2D eigenvalue weighted by Gasteiger charge is 2.13. The van der Waals surface area contributed by atoms with E-state index < -0.39 is 0 Å².